The summed E-state index contributed by atoms with van der Waals surface area (Å²) in [6.45, 7) is 6.16. The molecule has 1 aliphatic heterocycles. The molecule has 0 unspecified atom stereocenters. The quantitative estimate of drug-likeness (QED) is 0.571. The average molecular weight is 400 g/mol. The number of thiocarbonyl (C=S) groups is 1. The molecule has 0 aliphatic carbocycles. The second kappa shape index (κ2) is 10.1. The summed E-state index contributed by atoms with van der Waals surface area (Å²) in [5, 5.41) is 6.79. The average Bonchev–Trinajstić information content (AvgIpc) is 2.74. The highest BCUT2D eigenvalue weighted by Crippen LogP contribution is 2.17. The highest BCUT2D eigenvalue weighted by Gasteiger charge is 2.11. The van der Waals surface area contributed by atoms with Crippen molar-refractivity contribution < 1.29 is 14.3 Å². The largest absolute Gasteiger partial charge is 0.462 e. The predicted molar refractivity (Wildman–Crippen MR) is 115 cm³/mol. The summed E-state index contributed by atoms with van der Waals surface area (Å²) in [4.78, 5) is 14.1. The number of ether oxygens (including phenoxy) is 2. The molecule has 28 heavy (non-hydrogen) atoms. The molecule has 1 fully saturated rings. The van der Waals surface area contributed by atoms with Crippen molar-refractivity contribution in [3.63, 3.8) is 0 Å². The van der Waals surface area contributed by atoms with Crippen molar-refractivity contribution in [3.8, 4) is 0 Å². The van der Waals surface area contributed by atoms with E-state index in [0.717, 1.165) is 37.6 Å². The van der Waals surface area contributed by atoms with Gasteiger partial charge in [-0.1, -0.05) is 18.2 Å². The number of rotatable bonds is 6. The van der Waals surface area contributed by atoms with Crippen LogP contribution in [0.25, 0.3) is 0 Å². The van der Waals surface area contributed by atoms with Crippen LogP contribution >= 0.6 is 12.2 Å². The molecule has 1 saturated heterocycles. The van der Waals surface area contributed by atoms with Gasteiger partial charge in [-0.25, -0.2) is 4.79 Å². The van der Waals surface area contributed by atoms with Crippen LogP contribution in [-0.4, -0.2) is 44.0 Å². The third-order valence-corrected chi connectivity index (χ3v) is 4.64. The maximum Gasteiger partial charge on any atom is 0.338 e. The van der Waals surface area contributed by atoms with Gasteiger partial charge in [-0.3, -0.25) is 0 Å². The van der Waals surface area contributed by atoms with Crippen molar-refractivity contribution in [1.29, 1.82) is 0 Å². The number of carbonyl (C=O) groups is 1. The number of morpholine rings is 1. The second-order valence-corrected chi connectivity index (χ2v) is 6.78. The van der Waals surface area contributed by atoms with Crippen molar-refractivity contribution in [2.45, 2.75) is 13.5 Å². The second-order valence-electron chi connectivity index (χ2n) is 6.37. The Labute approximate surface area is 170 Å². The Morgan fingerprint density at radius 3 is 2.64 bits per heavy atom. The van der Waals surface area contributed by atoms with Gasteiger partial charge in [-0.05, 0) is 55.0 Å². The molecule has 0 bridgehead atoms. The van der Waals surface area contributed by atoms with Gasteiger partial charge in [0.25, 0.3) is 0 Å². The predicted octanol–water partition coefficient (Wildman–Crippen LogP) is 3.19. The van der Waals surface area contributed by atoms with Crippen LogP contribution in [0.2, 0.25) is 0 Å². The summed E-state index contributed by atoms with van der Waals surface area (Å²) in [5.41, 5.74) is 3.59. The first kappa shape index (κ1) is 20.1. The van der Waals surface area contributed by atoms with Gasteiger partial charge >= 0.3 is 5.97 Å². The number of nitrogens with one attached hydrogen (secondary N) is 2. The molecule has 1 heterocycles. The molecular formula is C21H25N3O3S. The highest BCUT2D eigenvalue weighted by molar-refractivity contribution is 7.80. The van der Waals surface area contributed by atoms with E-state index in [1.54, 1.807) is 25.1 Å². The van der Waals surface area contributed by atoms with Crippen molar-refractivity contribution in [3.05, 3.63) is 59.7 Å². The lowest BCUT2D eigenvalue weighted by Crippen LogP contribution is -2.36. The fraction of sp³-hybridized carbons (Fsp3) is 0.333. The molecule has 0 spiro atoms. The van der Waals surface area contributed by atoms with Gasteiger partial charge in [0.1, 0.15) is 0 Å². The smallest absolute Gasteiger partial charge is 0.338 e. The van der Waals surface area contributed by atoms with Gasteiger partial charge in [0, 0.05) is 31.0 Å². The topological polar surface area (TPSA) is 62.8 Å². The number of esters is 1. The Kier molecular flexibility index (Phi) is 7.22. The maximum atomic E-state index is 11.8. The van der Waals surface area contributed by atoms with E-state index in [9.17, 15) is 4.79 Å². The zero-order chi connectivity index (χ0) is 19.8. The van der Waals surface area contributed by atoms with Gasteiger partial charge in [0.2, 0.25) is 0 Å². The van der Waals surface area contributed by atoms with Crippen LogP contribution in [0, 0.1) is 0 Å². The summed E-state index contributed by atoms with van der Waals surface area (Å²) in [6.07, 6.45) is 0. The van der Waals surface area contributed by atoms with E-state index in [4.69, 9.17) is 21.7 Å². The molecule has 2 N–H and O–H groups in total. The van der Waals surface area contributed by atoms with Crippen molar-refractivity contribution in [1.82, 2.24) is 5.32 Å². The molecule has 0 amide bonds. The lowest BCUT2D eigenvalue weighted by molar-refractivity contribution is 0.0526. The highest BCUT2D eigenvalue weighted by atomic mass is 32.1. The number of nitrogens with zero attached hydrogens (tertiary/aromatic N) is 1. The van der Waals surface area contributed by atoms with E-state index in [0.29, 0.717) is 23.8 Å². The van der Waals surface area contributed by atoms with Gasteiger partial charge in [-0.15, -0.1) is 0 Å². The number of carbonyl (C=O) groups excluding carboxylic acids is 1. The van der Waals surface area contributed by atoms with E-state index >= 15 is 0 Å². The van der Waals surface area contributed by atoms with Gasteiger partial charge < -0.3 is 25.0 Å². The van der Waals surface area contributed by atoms with Crippen LogP contribution in [0.4, 0.5) is 11.4 Å². The Morgan fingerprint density at radius 1 is 1.18 bits per heavy atom. The standard InChI is InChI=1S/C21H25N3O3S/c1-2-27-20(25)17-4-3-5-18(14-17)23-21(28)22-15-16-6-8-19(9-7-16)24-10-12-26-13-11-24/h3-9,14H,2,10-13,15H2,1H3,(H2,22,23,28). The molecule has 0 saturated carbocycles. The zero-order valence-electron chi connectivity index (χ0n) is 15.9. The molecule has 6 nitrogen and oxygen atoms in total. The number of hydrogen-bond donors (Lipinski definition) is 2. The lowest BCUT2D eigenvalue weighted by Gasteiger charge is -2.28. The summed E-state index contributed by atoms with van der Waals surface area (Å²) in [6, 6.07) is 15.5. The number of benzene rings is 2. The van der Waals surface area contributed by atoms with E-state index < -0.39 is 0 Å². The zero-order valence-corrected chi connectivity index (χ0v) is 16.8. The Hall–Kier alpha value is -2.64. The molecule has 2 aromatic rings. The fourth-order valence-corrected chi connectivity index (χ4v) is 3.13. The van der Waals surface area contributed by atoms with Crippen LogP contribution in [-0.2, 0) is 16.0 Å². The summed E-state index contributed by atoms with van der Waals surface area (Å²) in [5.74, 6) is -0.342. The maximum absolute atomic E-state index is 11.8. The third-order valence-electron chi connectivity index (χ3n) is 4.40. The fourth-order valence-electron chi connectivity index (χ4n) is 2.94. The Bertz CT molecular complexity index is 805. The van der Waals surface area contributed by atoms with Crippen LogP contribution in [0.1, 0.15) is 22.8 Å². The number of anilines is 2. The molecule has 0 aromatic heterocycles. The van der Waals surface area contributed by atoms with Gasteiger partial charge in [0.15, 0.2) is 5.11 Å². The molecule has 0 atom stereocenters. The first-order valence-corrected chi connectivity index (χ1v) is 9.80. The lowest BCUT2D eigenvalue weighted by atomic mass is 10.2. The summed E-state index contributed by atoms with van der Waals surface area (Å²) in [7, 11) is 0. The van der Waals surface area contributed by atoms with Crippen molar-refractivity contribution in [2.75, 3.05) is 43.1 Å². The van der Waals surface area contributed by atoms with Crippen molar-refractivity contribution in [2.24, 2.45) is 0 Å². The molecule has 148 valence electrons. The van der Waals surface area contributed by atoms with Crippen molar-refractivity contribution >= 4 is 34.7 Å². The minimum absolute atomic E-state index is 0.342. The van der Waals surface area contributed by atoms with Crippen LogP contribution in [0.3, 0.4) is 0 Å². The minimum atomic E-state index is -0.342. The molecular weight excluding hydrogens is 374 g/mol. The minimum Gasteiger partial charge on any atom is -0.462 e. The Morgan fingerprint density at radius 2 is 1.93 bits per heavy atom. The van der Waals surface area contributed by atoms with E-state index in [2.05, 4.69) is 39.8 Å². The first-order valence-electron chi connectivity index (χ1n) is 9.39. The van der Waals surface area contributed by atoms with Crippen LogP contribution in [0.5, 0.6) is 0 Å². The molecule has 0 radical (unpaired) electrons. The van der Waals surface area contributed by atoms with E-state index in [1.807, 2.05) is 6.07 Å². The molecule has 2 aromatic carbocycles. The van der Waals surface area contributed by atoms with Crippen LogP contribution in [0.15, 0.2) is 48.5 Å². The van der Waals surface area contributed by atoms with E-state index in [1.165, 1.54) is 5.69 Å². The van der Waals surface area contributed by atoms with Gasteiger partial charge in [-0.2, -0.15) is 0 Å². The summed E-state index contributed by atoms with van der Waals surface area (Å²) >= 11 is 5.36. The molecule has 3 rings (SSSR count). The SMILES string of the molecule is CCOC(=O)c1cccc(NC(=S)NCc2ccc(N3CCOCC3)cc2)c1. The van der Waals surface area contributed by atoms with Crippen LogP contribution < -0.4 is 15.5 Å². The normalized spacial score (nSPS) is 13.7. The number of hydrogen-bond acceptors (Lipinski definition) is 5. The van der Waals surface area contributed by atoms with Gasteiger partial charge in [0.05, 0.1) is 25.4 Å². The summed E-state index contributed by atoms with van der Waals surface area (Å²) < 4.78 is 10.4. The first-order chi connectivity index (χ1) is 13.7. The molecule has 1 aliphatic rings. The third kappa shape index (κ3) is 5.68. The Balaban J connectivity index is 1.50. The molecule has 7 heteroatoms. The van der Waals surface area contributed by atoms with E-state index in [-0.39, 0.29) is 5.97 Å². The monoisotopic (exact) mass is 399 g/mol.